The topological polar surface area (TPSA) is 69.7 Å². The van der Waals surface area contributed by atoms with E-state index in [1.54, 1.807) is 18.3 Å². The number of hydrogen-bond donors (Lipinski definition) is 1. The van der Waals surface area contributed by atoms with Gasteiger partial charge in [0.2, 0.25) is 0 Å². The number of pyridine rings is 1. The smallest absolute Gasteiger partial charge is 0.258 e. The number of carbonyl (C=O) groups excluding carboxylic acids is 1. The van der Waals surface area contributed by atoms with Crippen molar-refractivity contribution in [1.29, 1.82) is 0 Å². The Morgan fingerprint density at radius 1 is 0.963 bits per heavy atom. The number of ether oxygens (including phenoxy) is 3. The molecular formula is C21H22N2O4. The summed E-state index contributed by atoms with van der Waals surface area (Å²) in [6, 6.07) is 16.8. The fourth-order valence-electron chi connectivity index (χ4n) is 2.54. The maximum atomic E-state index is 11.9. The van der Waals surface area contributed by atoms with Crippen molar-refractivity contribution in [1.82, 2.24) is 10.3 Å². The second-order valence-corrected chi connectivity index (χ2v) is 5.72. The Labute approximate surface area is 158 Å². The maximum Gasteiger partial charge on any atom is 0.258 e. The number of amides is 1. The molecule has 0 saturated heterocycles. The molecule has 6 heteroatoms. The molecule has 0 bridgehead atoms. The van der Waals surface area contributed by atoms with E-state index in [1.807, 2.05) is 49.4 Å². The Hall–Kier alpha value is -3.28. The van der Waals surface area contributed by atoms with Crippen molar-refractivity contribution < 1.29 is 19.0 Å². The van der Waals surface area contributed by atoms with Crippen molar-refractivity contribution in [3.05, 3.63) is 60.8 Å². The fraction of sp³-hybridized carbons (Fsp3) is 0.238. The van der Waals surface area contributed by atoms with Crippen LogP contribution in [0.2, 0.25) is 0 Å². The maximum absolute atomic E-state index is 11.9. The quantitative estimate of drug-likeness (QED) is 0.589. The first-order valence-electron chi connectivity index (χ1n) is 8.85. The van der Waals surface area contributed by atoms with Crippen molar-refractivity contribution in [2.24, 2.45) is 0 Å². The molecular weight excluding hydrogens is 344 g/mol. The van der Waals surface area contributed by atoms with E-state index >= 15 is 0 Å². The number of para-hydroxylation sites is 1. The molecule has 0 saturated carbocycles. The summed E-state index contributed by atoms with van der Waals surface area (Å²) >= 11 is 0. The Morgan fingerprint density at radius 2 is 1.70 bits per heavy atom. The molecule has 27 heavy (non-hydrogen) atoms. The number of nitrogens with zero attached hydrogens (tertiary/aromatic N) is 1. The second-order valence-electron chi connectivity index (χ2n) is 5.72. The lowest BCUT2D eigenvalue weighted by molar-refractivity contribution is -0.123. The minimum Gasteiger partial charge on any atom is -0.494 e. The van der Waals surface area contributed by atoms with Crippen LogP contribution in [0.4, 0.5) is 0 Å². The number of carbonyl (C=O) groups is 1. The molecule has 0 spiro atoms. The molecule has 1 heterocycles. The van der Waals surface area contributed by atoms with Crippen molar-refractivity contribution in [2.45, 2.75) is 6.92 Å². The van der Waals surface area contributed by atoms with Gasteiger partial charge in [-0.05, 0) is 43.3 Å². The molecule has 0 unspecified atom stereocenters. The normalized spacial score (nSPS) is 10.4. The van der Waals surface area contributed by atoms with Crippen LogP contribution >= 0.6 is 0 Å². The zero-order chi connectivity index (χ0) is 18.9. The lowest BCUT2D eigenvalue weighted by atomic mass is 10.2. The minimum atomic E-state index is -0.205. The van der Waals surface area contributed by atoms with Crippen LogP contribution in [0.5, 0.6) is 17.2 Å². The van der Waals surface area contributed by atoms with E-state index in [-0.39, 0.29) is 12.5 Å². The van der Waals surface area contributed by atoms with Gasteiger partial charge in [0.05, 0.1) is 13.2 Å². The first-order chi connectivity index (χ1) is 13.3. The van der Waals surface area contributed by atoms with Crippen LogP contribution in [0, 0.1) is 0 Å². The molecule has 1 aromatic heterocycles. The Morgan fingerprint density at radius 3 is 2.48 bits per heavy atom. The highest BCUT2D eigenvalue weighted by molar-refractivity contribution is 5.84. The summed E-state index contributed by atoms with van der Waals surface area (Å²) in [7, 11) is 0. The molecule has 0 fully saturated rings. The molecule has 1 amide bonds. The van der Waals surface area contributed by atoms with Crippen LogP contribution in [0.15, 0.2) is 60.8 Å². The number of aromatic nitrogens is 1. The lowest BCUT2D eigenvalue weighted by Crippen LogP contribution is -2.32. The molecule has 0 aliphatic rings. The number of benzene rings is 2. The molecule has 0 radical (unpaired) electrons. The average molecular weight is 366 g/mol. The molecule has 2 aromatic carbocycles. The van der Waals surface area contributed by atoms with E-state index < -0.39 is 0 Å². The number of hydrogen-bond acceptors (Lipinski definition) is 5. The van der Waals surface area contributed by atoms with E-state index in [2.05, 4.69) is 10.3 Å². The third-order valence-corrected chi connectivity index (χ3v) is 3.78. The van der Waals surface area contributed by atoms with Crippen molar-refractivity contribution >= 4 is 16.8 Å². The highest BCUT2D eigenvalue weighted by atomic mass is 16.5. The number of rotatable bonds is 9. The SMILES string of the molecule is CCOc1ccc(OCC(=O)NCCOc2cccc3cccnc23)cc1. The van der Waals surface area contributed by atoms with Gasteiger partial charge in [0.25, 0.3) is 5.91 Å². The van der Waals surface area contributed by atoms with E-state index in [0.717, 1.165) is 16.7 Å². The molecule has 0 aliphatic heterocycles. The predicted molar refractivity (Wildman–Crippen MR) is 103 cm³/mol. The Kier molecular flexibility index (Phi) is 6.46. The molecule has 1 N–H and O–H groups in total. The number of fused-ring (bicyclic) bond motifs is 1. The predicted octanol–water partition coefficient (Wildman–Crippen LogP) is 3.21. The van der Waals surface area contributed by atoms with Crippen LogP contribution in [-0.2, 0) is 4.79 Å². The van der Waals surface area contributed by atoms with Gasteiger partial charge in [-0.15, -0.1) is 0 Å². The lowest BCUT2D eigenvalue weighted by Gasteiger charge is -2.10. The van der Waals surface area contributed by atoms with Gasteiger partial charge in [-0.1, -0.05) is 18.2 Å². The molecule has 3 aromatic rings. The van der Waals surface area contributed by atoms with Gasteiger partial charge < -0.3 is 19.5 Å². The van der Waals surface area contributed by atoms with Crippen molar-refractivity contribution in [2.75, 3.05) is 26.4 Å². The largest absolute Gasteiger partial charge is 0.494 e. The fourth-order valence-corrected chi connectivity index (χ4v) is 2.54. The van der Waals surface area contributed by atoms with Gasteiger partial charge in [-0.3, -0.25) is 9.78 Å². The van der Waals surface area contributed by atoms with Crippen LogP contribution < -0.4 is 19.5 Å². The standard InChI is InChI=1S/C21H22N2O4/c1-2-25-17-8-10-18(11-9-17)27-15-20(24)22-13-14-26-19-7-3-5-16-6-4-12-23-21(16)19/h3-12H,2,13-15H2,1H3,(H,22,24). The van der Waals surface area contributed by atoms with Gasteiger partial charge in [0.15, 0.2) is 6.61 Å². The number of nitrogens with one attached hydrogen (secondary N) is 1. The Bertz CT molecular complexity index is 875. The first-order valence-corrected chi connectivity index (χ1v) is 8.85. The summed E-state index contributed by atoms with van der Waals surface area (Å²) in [6.07, 6.45) is 1.73. The van der Waals surface area contributed by atoms with Gasteiger partial charge in [-0.2, -0.15) is 0 Å². The van der Waals surface area contributed by atoms with Crippen LogP contribution in [0.3, 0.4) is 0 Å². The summed E-state index contributed by atoms with van der Waals surface area (Å²) in [5.74, 6) is 1.89. The van der Waals surface area contributed by atoms with Crippen LogP contribution in [0.1, 0.15) is 6.92 Å². The highest BCUT2D eigenvalue weighted by Gasteiger charge is 2.05. The third kappa shape index (κ3) is 5.34. The van der Waals surface area contributed by atoms with Gasteiger partial charge >= 0.3 is 0 Å². The molecule has 0 atom stereocenters. The molecule has 3 rings (SSSR count). The van der Waals surface area contributed by atoms with E-state index in [4.69, 9.17) is 14.2 Å². The summed E-state index contributed by atoms with van der Waals surface area (Å²) in [6.45, 7) is 3.22. The van der Waals surface area contributed by atoms with E-state index in [1.165, 1.54) is 0 Å². The summed E-state index contributed by atoms with van der Waals surface area (Å²) < 4.78 is 16.6. The van der Waals surface area contributed by atoms with E-state index in [9.17, 15) is 4.79 Å². The summed E-state index contributed by atoms with van der Waals surface area (Å²) in [4.78, 5) is 16.2. The Balaban J connectivity index is 1.39. The molecule has 140 valence electrons. The zero-order valence-electron chi connectivity index (χ0n) is 15.2. The second kappa shape index (κ2) is 9.43. The molecule has 0 aliphatic carbocycles. The van der Waals surface area contributed by atoms with E-state index in [0.29, 0.717) is 31.3 Å². The highest BCUT2D eigenvalue weighted by Crippen LogP contribution is 2.22. The third-order valence-electron chi connectivity index (χ3n) is 3.78. The van der Waals surface area contributed by atoms with Crippen molar-refractivity contribution in [3.63, 3.8) is 0 Å². The molecule has 6 nitrogen and oxygen atoms in total. The van der Waals surface area contributed by atoms with Crippen LogP contribution in [-0.4, -0.2) is 37.3 Å². The summed E-state index contributed by atoms with van der Waals surface area (Å²) in [5.41, 5.74) is 0.810. The van der Waals surface area contributed by atoms with Crippen molar-refractivity contribution in [3.8, 4) is 17.2 Å². The monoisotopic (exact) mass is 366 g/mol. The van der Waals surface area contributed by atoms with Gasteiger partial charge in [-0.25, -0.2) is 0 Å². The zero-order valence-corrected chi connectivity index (χ0v) is 15.2. The van der Waals surface area contributed by atoms with Crippen LogP contribution in [0.25, 0.3) is 10.9 Å². The summed E-state index contributed by atoms with van der Waals surface area (Å²) in [5, 5.41) is 3.79. The first kappa shape index (κ1) is 18.5. The van der Waals surface area contributed by atoms with Gasteiger partial charge in [0, 0.05) is 11.6 Å². The minimum absolute atomic E-state index is 0.0518. The van der Waals surface area contributed by atoms with Gasteiger partial charge in [0.1, 0.15) is 29.4 Å². The average Bonchev–Trinajstić information content (AvgIpc) is 2.71.